The molecule has 3 aromatic carbocycles. The normalized spacial score (nSPS) is 11.9. The van der Waals surface area contributed by atoms with Crippen molar-refractivity contribution in [2.75, 3.05) is 24.0 Å². The van der Waals surface area contributed by atoms with Gasteiger partial charge in [0.25, 0.3) is 10.0 Å². The first-order valence-corrected chi connectivity index (χ1v) is 16.5. The van der Waals surface area contributed by atoms with Crippen molar-refractivity contribution in [1.82, 2.24) is 10.2 Å². The summed E-state index contributed by atoms with van der Waals surface area (Å²) in [6.07, 6.45) is 2.12. The van der Waals surface area contributed by atoms with Crippen LogP contribution in [0.4, 0.5) is 5.69 Å². The zero-order chi connectivity index (χ0) is 30.7. The van der Waals surface area contributed by atoms with E-state index < -0.39 is 28.5 Å². The zero-order valence-electron chi connectivity index (χ0n) is 24.7. The van der Waals surface area contributed by atoms with Crippen LogP contribution in [-0.4, -0.2) is 50.9 Å². The molecule has 0 aliphatic heterocycles. The third-order valence-corrected chi connectivity index (χ3v) is 9.08. The molecule has 0 saturated carbocycles. The van der Waals surface area contributed by atoms with Crippen molar-refractivity contribution in [2.24, 2.45) is 0 Å². The van der Waals surface area contributed by atoms with Crippen LogP contribution in [0.3, 0.4) is 0 Å². The number of unbranched alkanes of at least 4 members (excludes halogenated alkanes) is 1. The largest absolute Gasteiger partial charge is 0.494 e. The van der Waals surface area contributed by atoms with E-state index in [1.165, 1.54) is 17.0 Å². The Labute approximate surface area is 258 Å². The Morgan fingerprint density at radius 1 is 0.976 bits per heavy atom. The Kier molecular flexibility index (Phi) is 12.4. The summed E-state index contributed by atoms with van der Waals surface area (Å²) in [6, 6.07) is 19.8. The van der Waals surface area contributed by atoms with Crippen LogP contribution < -0.4 is 14.4 Å². The average Bonchev–Trinajstić information content (AvgIpc) is 2.96. The van der Waals surface area contributed by atoms with Crippen LogP contribution in [-0.2, 0) is 26.2 Å². The first-order valence-electron chi connectivity index (χ1n) is 14.2. The van der Waals surface area contributed by atoms with Gasteiger partial charge in [0.05, 0.1) is 17.2 Å². The highest BCUT2D eigenvalue weighted by Gasteiger charge is 2.33. The lowest BCUT2D eigenvalue weighted by Crippen LogP contribution is -2.52. The third kappa shape index (κ3) is 8.82. The molecule has 3 rings (SSSR count). The first-order chi connectivity index (χ1) is 20.1. The van der Waals surface area contributed by atoms with Crippen molar-refractivity contribution in [3.8, 4) is 5.75 Å². The molecule has 0 radical (unpaired) electrons. The summed E-state index contributed by atoms with van der Waals surface area (Å²) in [4.78, 5) is 29.0. The average molecular weight is 659 g/mol. The van der Waals surface area contributed by atoms with Gasteiger partial charge < -0.3 is 15.0 Å². The van der Waals surface area contributed by atoms with Gasteiger partial charge in [0.15, 0.2) is 0 Å². The number of carbonyl (C=O) groups is 2. The molecule has 2 amide bonds. The SMILES string of the molecule is CCCCNC(=O)[C@@H](CC)N(Cc1cccc(C)c1)C(=O)CN(c1ccc(OCC)cc1)S(=O)(=O)c1ccc(Br)cc1. The van der Waals surface area contributed by atoms with Crippen molar-refractivity contribution < 1.29 is 22.7 Å². The summed E-state index contributed by atoms with van der Waals surface area (Å²) in [5.41, 5.74) is 2.19. The van der Waals surface area contributed by atoms with Crippen LogP contribution in [0.1, 0.15) is 51.2 Å². The minimum Gasteiger partial charge on any atom is -0.494 e. The maximum Gasteiger partial charge on any atom is 0.264 e. The molecule has 3 aromatic rings. The summed E-state index contributed by atoms with van der Waals surface area (Å²) in [7, 11) is -4.15. The fraction of sp³-hybridized carbons (Fsp3) is 0.375. The number of halogens is 1. The van der Waals surface area contributed by atoms with E-state index in [9.17, 15) is 18.0 Å². The lowest BCUT2D eigenvalue weighted by atomic mass is 10.1. The predicted molar refractivity (Wildman–Crippen MR) is 170 cm³/mol. The van der Waals surface area contributed by atoms with Crippen molar-refractivity contribution in [3.05, 3.63) is 88.4 Å². The highest BCUT2D eigenvalue weighted by Crippen LogP contribution is 2.27. The van der Waals surface area contributed by atoms with Crippen molar-refractivity contribution >= 4 is 43.5 Å². The molecule has 0 spiro atoms. The molecule has 0 heterocycles. The summed E-state index contributed by atoms with van der Waals surface area (Å²) in [5.74, 6) is -0.150. The Hall–Kier alpha value is -3.37. The third-order valence-electron chi connectivity index (χ3n) is 6.77. The number of nitrogens with one attached hydrogen (secondary N) is 1. The summed E-state index contributed by atoms with van der Waals surface area (Å²) < 4.78 is 35.4. The van der Waals surface area contributed by atoms with Crippen LogP contribution in [0, 0.1) is 6.92 Å². The number of benzene rings is 3. The van der Waals surface area contributed by atoms with Crippen LogP contribution in [0.25, 0.3) is 0 Å². The van der Waals surface area contributed by atoms with Gasteiger partial charge in [-0.1, -0.05) is 66.0 Å². The molecule has 0 aliphatic rings. The molecule has 0 aliphatic carbocycles. The zero-order valence-corrected chi connectivity index (χ0v) is 27.1. The monoisotopic (exact) mass is 657 g/mol. The fourth-order valence-corrected chi connectivity index (χ4v) is 6.25. The molecular formula is C32H40BrN3O5S. The molecule has 0 unspecified atom stereocenters. The second-order valence-corrected chi connectivity index (χ2v) is 12.7. The lowest BCUT2D eigenvalue weighted by Gasteiger charge is -2.33. The first kappa shape index (κ1) is 33.1. The maximum absolute atomic E-state index is 14.2. The minimum atomic E-state index is -4.15. The summed E-state index contributed by atoms with van der Waals surface area (Å²) in [5, 5.41) is 2.95. The molecular weight excluding hydrogens is 618 g/mol. The van der Waals surface area contributed by atoms with Crippen LogP contribution in [0.5, 0.6) is 5.75 Å². The number of nitrogens with zero attached hydrogens (tertiary/aromatic N) is 2. The van der Waals surface area contributed by atoms with E-state index in [4.69, 9.17) is 4.74 Å². The molecule has 0 aromatic heterocycles. The van der Waals surface area contributed by atoms with E-state index >= 15 is 0 Å². The van der Waals surface area contributed by atoms with Gasteiger partial charge in [0.2, 0.25) is 11.8 Å². The minimum absolute atomic E-state index is 0.0435. The summed E-state index contributed by atoms with van der Waals surface area (Å²) in [6.45, 7) is 8.36. The fourth-order valence-electron chi connectivity index (χ4n) is 4.57. The maximum atomic E-state index is 14.2. The van der Waals surface area contributed by atoms with E-state index in [1.807, 2.05) is 52.0 Å². The van der Waals surface area contributed by atoms with Gasteiger partial charge in [-0.2, -0.15) is 0 Å². The molecule has 10 heteroatoms. The number of aryl methyl sites for hydroxylation is 1. The Morgan fingerprint density at radius 3 is 2.26 bits per heavy atom. The number of hydrogen-bond donors (Lipinski definition) is 1. The second kappa shape index (κ2) is 15.7. The van der Waals surface area contributed by atoms with Gasteiger partial charge in [-0.05, 0) is 80.8 Å². The van der Waals surface area contributed by atoms with E-state index in [0.717, 1.165) is 32.7 Å². The molecule has 42 heavy (non-hydrogen) atoms. The topological polar surface area (TPSA) is 96.0 Å². The van der Waals surface area contributed by atoms with E-state index in [0.29, 0.717) is 31.0 Å². The molecule has 0 bridgehead atoms. The number of hydrogen-bond acceptors (Lipinski definition) is 5. The number of carbonyl (C=O) groups excluding carboxylic acids is 2. The van der Waals surface area contributed by atoms with Gasteiger partial charge in [-0.3, -0.25) is 13.9 Å². The van der Waals surface area contributed by atoms with Gasteiger partial charge in [0.1, 0.15) is 18.3 Å². The number of ether oxygens (including phenoxy) is 1. The van der Waals surface area contributed by atoms with Crippen molar-refractivity contribution in [1.29, 1.82) is 0 Å². The smallest absolute Gasteiger partial charge is 0.264 e. The Morgan fingerprint density at radius 2 is 1.67 bits per heavy atom. The van der Waals surface area contributed by atoms with Crippen LogP contribution >= 0.6 is 15.9 Å². The summed E-state index contributed by atoms with van der Waals surface area (Å²) >= 11 is 3.35. The van der Waals surface area contributed by atoms with Gasteiger partial charge in [0, 0.05) is 17.6 Å². The number of anilines is 1. The predicted octanol–water partition coefficient (Wildman–Crippen LogP) is 6.08. The lowest BCUT2D eigenvalue weighted by molar-refractivity contribution is -0.140. The van der Waals surface area contributed by atoms with Crippen LogP contribution in [0.15, 0.2) is 82.2 Å². The Bertz CT molecular complexity index is 1430. The molecule has 0 fully saturated rings. The van der Waals surface area contributed by atoms with Crippen LogP contribution in [0.2, 0.25) is 0 Å². The number of sulfonamides is 1. The van der Waals surface area contributed by atoms with Gasteiger partial charge >= 0.3 is 0 Å². The number of rotatable bonds is 15. The van der Waals surface area contributed by atoms with Crippen molar-refractivity contribution in [2.45, 2.75) is 64.4 Å². The molecule has 226 valence electrons. The molecule has 8 nitrogen and oxygen atoms in total. The second-order valence-electron chi connectivity index (χ2n) is 9.97. The molecule has 1 atom stereocenters. The number of amides is 2. The Balaban J connectivity index is 2.04. The van der Waals surface area contributed by atoms with Gasteiger partial charge in [-0.15, -0.1) is 0 Å². The van der Waals surface area contributed by atoms with Gasteiger partial charge in [-0.25, -0.2) is 8.42 Å². The standard InChI is InChI=1S/C32H40BrN3O5S/c1-5-8-20-34-32(38)30(6-2)35(22-25-11-9-10-24(4)21-25)31(37)23-36(27-14-16-28(17-15-27)41-7-3)42(39,40)29-18-12-26(33)13-19-29/h9-19,21,30H,5-8,20,22-23H2,1-4H3,(H,34,38)/t30-/m1/s1. The van der Waals surface area contributed by atoms with E-state index in [-0.39, 0.29) is 17.3 Å². The molecule has 0 saturated heterocycles. The van der Waals surface area contributed by atoms with E-state index in [1.54, 1.807) is 36.4 Å². The molecule has 1 N–H and O–H groups in total. The van der Waals surface area contributed by atoms with Crippen molar-refractivity contribution in [3.63, 3.8) is 0 Å². The highest BCUT2D eigenvalue weighted by atomic mass is 79.9. The van der Waals surface area contributed by atoms with E-state index in [2.05, 4.69) is 21.2 Å². The highest BCUT2D eigenvalue weighted by molar-refractivity contribution is 9.10. The quantitative estimate of drug-likeness (QED) is 0.200.